The molecule has 2 aliphatic rings. The average molecular weight is 332 g/mol. The summed E-state index contributed by atoms with van der Waals surface area (Å²) in [6.45, 7) is 3.74. The molecule has 0 nitrogen and oxygen atoms in total. The van der Waals surface area contributed by atoms with Crippen molar-refractivity contribution < 1.29 is 8.78 Å². The van der Waals surface area contributed by atoms with Crippen molar-refractivity contribution in [1.82, 2.24) is 0 Å². The number of aryl methyl sites for hydroxylation is 1. The highest BCUT2D eigenvalue weighted by molar-refractivity contribution is 5.28. The van der Waals surface area contributed by atoms with Crippen LogP contribution in [0.4, 0.5) is 8.78 Å². The van der Waals surface area contributed by atoms with Crippen molar-refractivity contribution in [2.75, 3.05) is 0 Å². The molecule has 0 heterocycles. The summed E-state index contributed by atoms with van der Waals surface area (Å²) in [5.41, 5.74) is 1.01. The molecule has 2 saturated carbocycles. The molecule has 3 rings (SSSR count). The smallest absolute Gasteiger partial charge is 0.162 e. The van der Waals surface area contributed by atoms with E-state index in [9.17, 15) is 8.78 Å². The van der Waals surface area contributed by atoms with Gasteiger partial charge in [-0.1, -0.05) is 24.3 Å². The largest absolute Gasteiger partial charge is 0.203 e. The second kappa shape index (κ2) is 7.80. The van der Waals surface area contributed by atoms with Gasteiger partial charge in [-0.05, 0) is 100 Å². The highest BCUT2D eigenvalue weighted by Gasteiger charge is 2.31. The van der Waals surface area contributed by atoms with E-state index in [1.807, 2.05) is 0 Å². The van der Waals surface area contributed by atoms with Crippen molar-refractivity contribution in [3.8, 4) is 0 Å². The Balaban J connectivity index is 1.56. The van der Waals surface area contributed by atoms with E-state index in [0.29, 0.717) is 11.1 Å². The van der Waals surface area contributed by atoms with Crippen LogP contribution >= 0.6 is 0 Å². The lowest BCUT2D eigenvalue weighted by molar-refractivity contribution is 0.170. The summed E-state index contributed by atoms with van der Waals surface area (Å²) in [4.78, 5) is 0. The maximum atomic E-state index is 14.2. The summed E-state index contributed by atoms with van der Waals surface area (Å²) in [6, 6.07) is 3.53. The van der Waals surface area contributed by atoms with Gasteiger partial charge < -0.3 is 0 Å². The molecule has 0 bridgehead atoms. The van der Waals surface area contributed by atoms with Gasteiger partial charge >= 0.3 is 0 Å². The first-order chi connectivity index (χ1) is 11.6. The van der Waals surface area contributed by atoms with Crippen LogP contribution in [0.2, 0.25) is 0 Å². The zero-order valence-electron chi connectivity index (χ0n) is 15.0. The molecule has 0 spiro atoms. The van der Waals surface area contributed by atoms with Crippen LogP contribution < -0.4 is 0 Å². The molecular formula is C22H30F2. The minimum atomic E-state index is -0.656. The van der Waals surface area contributed by atoms with Crippen LogP contribution in [0, 0.1) is 36.3 Å². The number of hydrogen-bond acceptors (Lipinski definition) is 0. The van der Waals surface area contributed by atoms with Gasteiger partial charge in [-0.2, -0.15) is 0 Å². The van der Waals surface area contributed by atoms with E-state index in [1.165, 1.54) is 38.5 Å². The fourth-order valence-corrected chi connectivity index (χ4v) is 4.96. The lowest BCUT2D eigenvalue weighted by atomic mass is 9.68. The second-order valence-electron chi connectivity index (χ2n) is 7.91. The summed E-state index contributed by atoms with van der Waals surface area (Å²) in [7, 11) is 0. The molecule has 24 heavy (non-hydrogen) atoms. The Morgan fingerprint density at radius 2 is 1.42 bits per heavy atom. The number of halogens is 2. The van der Waals surface area contributed by atoms with E-state index in [4.69, 9.17) is 0 Å². The molecule has 2 heteroatoms. The standard InChI is InChI=1S/C22H30F2/c1-3-4-16-6-8-17(9-7-16)18-10-12-19(13-11-18)20-14-5-15(2)21(23)22(20)24/h3-5,14,16-19H,6-13H2,1-2H3. The van der Waals surface area contributed by atoms with Crippen molar-refractivity contribution in [3.05, 3.63) is 47.0 Å². The molecule has 0 aliphatic heterocycles. The molecule has 0 atom stereocenters. The Kier molecular flexibility index (Phi) is 5.73. The maximum absolute atomic E-state index is 14.2. The Morgan fingerprint density at radius 3 is 2.00 bits per heavy atom. The number of rotatable bonds is 3. The van der Waals surface area contributed by atoms with Crippen LogP contribution in [-0.2, 0) is 0 Å². The molecule has 0 radical (unpaired) electrons. The van der Waals surface area contributed by atoms with Gasteiger partial charge in [0, 0.05) is 0 Å². The molecule has 0 N–H and O–H groups in total. The summed E-state index contributed by atoms with van der Waals surface area (Å²) < 4.78 is 28.1. The number of hydrogen-bond donors (Lipinski definition) is 0. The van der Waals surface area contributed by atoms with E-state index >= 15 is 0 Å². The molecule has 2 aliphatic carbocycles. The highest BCUT2D eigenvalue weighted by atomic mass is 19.2. The van der Waals surface area contributed by atoms with Gasteiger partial charge in [0.1, 0.15) is 0 Å². The van der Waals surface area contributed by atoms with Gasteiger partial charge in [-0.25, -0.2) is 8.78 Å². The van der Waals surface area contributed by atoms with Gasteiger partial charge in [-0.3, -0.25) is 0 Å². The average Bonchev–Trinajstić information content (AvgIpc) is 2.61. The van der Waals surface area contributed by atoms with Crippen LogP contribution in [0.5, 0.6) is 0 Å². The van der Waals surface area contributed by atoms with E-state index in [1.54, 1.807) is 19.1 Å². The summed E-state index contributed by atoms with van der Waals surface area (Å²) in [6.07, 6.45) is 14.3. The van der Waals surface area contributed by atoms with E-state index in [-0.39, 0.29) is 5.92 Å². The first kappa shape index (κ1) is 17.6. The molecular weight excluding hydrogens is 302 g/mol. The Labute approximate surface area is 145 Å². The molecule has 0 saturated heterocycles. The van der Waals surface area contributed by atoms with Gasteiger partial charge in [0.2, 0.25) is 0 Å². The molecule has 1 aromatic rings. The van der Waals surface area contributed by atoms with Crippen LogP contribution in [0.3, 0.4) is 0 Å². The summed E-state index contributed by atoms with van der Waals surface area (Å²) in [5, 5.41) is 0. The molecule has 1 aromatic carbocycles. The molecule has 0 aromatic heterocycles. The monoisotopic (exact) mass is 332 g/mol. The minimum absolute atomic E-state index is 0.204. The topological polar surface area (TPSA) is 0 Å². The van der Waals surface area contributed by atoms with E-state index < -0.39 is 11.6 Å². The fraction of sp³-hybridized carbons (Fsp3) is 0.636. The van der Waals surface area contributed by atoms with Crippen molar-refractivity contribution in [2.24, 2.45) is 17.8 Å². The first-order valence-electron chi connectivity index (χ1n) is 9.67. The Hall–Kier alpha value is -1.18. The van der Waals surface area contributed by atoms with Crippen molar-refractivity contribution in [2.45, 2.75) is 71.1 Å². The van der Waals surface area contributed by atoms with Crippen LogP contribution in [-0.4, -0.2) is 0 Å². The second-order valence-corrected chi connectivity index (χ2v) is 7.91. The first-order valence-corrected chi connectivity index (χ1v) is 9.67. The fourth-order valence-electron chi connectivity index (χ4n) is 4.96. The van der Waals surface area contributed by atoms with Crippen LogP contribution in [0.15, 0.2) is 24.3 Å². The lowest BCUT2D eigenvalue weighted by Gasteiger charge is -2.37. The zero-order chi connectivity index (χ0) is 17.1. The maximum Gasteiger partial charge on any atom is 0.162 e. The highest BCUT2D eigenvalue weighted by Crippen LogP contribution is 2.44. The Bertz CT molecular complexity index is 574. The zero-order valence-corrected chi connectivity index (χ0v) is 15.0. The van der Waals surface area contributed by atoms with Gasteiger partial charge in [0.15, 0.2) is 11.6 Å². The third-order valence-corrected chi connectivity index (χ3v) is 6.46. The quantitative estimate of drug-likeness (QED) is 0.526. The lowest BCUT2D eigenvalue weighted by Crippen LogP contribution is -2.25. The van der Waals surface area contributed by atoms with Crippen molar-refractivity contribution in [3.63, 3.8) is 0 Å². The van der Waals surface area contributed by atoms with Crippen molar-refractivity contribution >= 4 is 0 Å². The molecule has 0 unspecified atom stereocenters. The molecule has 2 fully saturated rings. The predicted octanol–water partition coefficient (Wildman–Crippen LogP) is 6.93. The summed E-state index contributed by atoms with van der Waals surface area (Å²) in [5.74, 6) is 1.38. The van der Waals surface area contributed by atoms with Crippen LogP contribution in [0.25, 0.3) is 0 Å². The number of benzene rings is 1. The van der Waals surface area contributed by atoms with Gasteiger partial charge in [0.05, 0.1) is 0 Å². The third-order valence-electron chi connectivity index (χ3n) is 6.46. The SMILES string of the molecule is CC=CC1CCC(C2CCC(c3ccc(C)c(F)c3F)CC2)CC1. The normalized spacial score (nSPS) is 31.5. The summed E-state index contributed by atoms with van der Waals surface area (Å²) >= 11 is 0. The van der Waals surface area contributed by atoms with Crippen LogP contribution in [0.1, 0.15) is 75.3 Å². The molecule has 132 valence electrons. The van der Waals surface area contributed by atoms with Crippen molar-refractivity contribution in [1.29, 1.82) is 0 Å². The number of allylic oxidation sites excluding steroid dienone is 2. The molecule has 0 amide bonds. The van der Waals surface area contributed by atoms with E-state index in [2.05, 4.69) is 19.1 Å². The van der Waals surface area contributed by atoms with Gasteiger partial charge in [0.25, 0.3) is 0 Å². The minimum Gasteiger partial charge on any atom is -0.203 e. The van der Waals surface area contributed by atoms with E-state index in [0.717, 1.165) is 30.6 Å². The third kappa shape index (κ3) is 3.73. The van der Waals surface area contributed by atoms with Gasteiger partial charge in [-0.15, -0.1) is 0 Å². The Morgan fingerprint density at radius 1 is 0.833 bits per heavy atom. The predicted molar refractivity (Wildman–Crippen MR) is 96.1 cm³/mol.